The van der Waals surface area contributed by atoms with Gasteiger partial charge in [-0.1, -0.05) is 4.49 Å². The Morgan fingerprint density at radius 3 is 2.43 bits per heavy atom. The lowest BCUT2D eigenvalue weighted by atomic mass is 9.94. The second kappa shape index (κ2) is 8.19. The molecule has 156 valence electrons. The molecule has 0 spiro atoms. The third-order valence-corrected chi connectivity index (χ3v) is 8.65. The molecule has 1 fully saturated rings. The molecule has 1 saturated heterocycles. The van der Waals surface area contributed by atoms with E-state index in [1.54, 1.807) is 6.07 Å². The summed E-state index contributed by atoms with van der Waals surface area (Å²) in [6.45, 7) is 2.42. The van der Waals surface area contributed by atoms with Crippen LogP contribution in [-0.4, -0.2) is 68.3 Å². The molecule has 1 aliphatic heterocycles. The molecular weight excluding hydrogens is 424 g/mol. The van der Waals surface area contributed by atoms with Crippen molar-refractivity contribution in [1.29, 1.82) is 0 Å². The summed E-state index contributed by atoms with van der Waals surface area (Å²) < 4.78 is 57.9. The fraction of sp³-hybridized carbons (Fsp3) is 0.625. The van der Waals surface area contributed by atoms with Crippen molar-refractivity contribution in [2.24, 2.45) is 0 Å². The van der Waals surface area contributed by atoms with E-state index in [2.05, 4.69) is 14.5 Å². The molecule has 2 aromatic heterocycles. The van der Waals surface area contributed by atoms with Crippen molar-refractivity contribution in [3.05, 3.63) is 29.3 Å². The van der Waals surface area contributed by atoms with E-state index >= 15 is 0 Å². The molecule has 0 saturated carbocycles. The first-order chi connectivity index (χ1) is 13.0. The summed E-state index contributed by atoms with van der Waals surface area (Å²) in [4.78, 5) is 2.24. The van der Waals surface area contributed by atoms with Crippen LogP contribution >= 0.6 is 11.5 Å². The van der Waals surface area contributed by atoms with E-state index in [0.717, 1.165) is 49.5 Å². The van der Waals surface area contributed by atoms with Gasteiger partial charge in [0.25, 0.3) is 0 Å². The van der Waals surface area contributed by atoms with Gasteiger partial charge in [-0.3, -0.25) is 4.90 Å². The zero-order valence-corrected chi connectivity index (χ0v) is 18.5. The fourth-order valence-corrected chi connectivity index (χ4v) is 5.30. The van der Waals surface area contributed by atoms with Gasteiger partial charge in [-0.05, 0) is 38.1 Å². The molecule has 2 aromatic rings. The highest BCUT2D eigenvalue weighted by atomic mass is 32.2. The Balaban J connectivity index is 1.56. The molecule has 0 N–H and O–H groups in total. The summed E-state index contributed by atoms with van der Waals surface area (Å²) >= 11 is 0.938. The van der Waals surface area contributed by atoms with Gasteiger partial charge in [-0.2, -0.15) is 4.31 Å². The summed E-state index contributed by atoms with van der Waals surface area (Å²) in [7, 11) is -5.04. The zero-order chi connectivity index (χ0) is 20.5. The maximum absolute atomic E-state index is 11.9. The minimum Gasteiger partial charge on any atom is -0.463 e. The first-order valence-corrected chi connectivity index (χ1v) is 13.3. The SMILES string of the molecule is CN(Cc1ccc(CN2CCC(c3nnsc3S(C)(=O)=O)CC2)o1)S(C)(=O)=O. The van der Waals surface area contributed by atoms with Gasteiger partial charge in [0.15, 0.2) is 14.0 Å². The molecule has 0 bridgehead atoms. The van der Waals surface area contributed by atoms with Gasteiger partial charge < -0.3 is 4.42 Å². The van der Waals surface area contributed by atoms with E-state index in [-0.39, 0.29) is 16.7 Å². The van der Waals surface area contributed by atoms with Crippen LogP contribution in [0.2, 0.25) is 0 Å². The minimum absolute atomic E-state index is 0.0929. The van der Waals surface area contributed by atoms with Crippen LogP contribution < -0.4 is 0 Å². The first-order valence-electron chi connectivity index (χ1n) is 8.77. The van der Waals surface area contributed by atoms with Crippen LogP contribution in [0.1, 0.15) is 36.0 Å². The van der Waals surface area contributed by atoms with Crippen molar-refractivity contribution in [3.63, 3.8) is 0 Å². The predicted molar refractivity (Wildman–Crippen MR) is 105 cm³/mol. The lowest BCUT2D eigenvalue weighted by molar-refractivity contribution is 0.187. The molecule has 9 nitrogen and oxygen atoms in total. The smallest absolute Gasteiger partial charge is 0.211 e. The highest BCUT2D eigenvalue weighted by molar-refractivity contribution is 7.92. The number of aromatic nitrogens is 2. The van der Waals surface area contributed by atoms with Crippen molar-refractivity contribution in [1.82, 2.24) is 18.8 Å². The maximum Gasteiger partial charge on any atom is 0.211 e. The quantitative estimate of drug-likeness (QED) is 0.623. The number of hydrogen-bond donors (Lipinski definition) is 0. The van der Waals surface area contributed by atoms with Crippen molar-refractivity contribution in [2.45, 2.75) is 36.1 Å². The van der Waals surface area contributed by atoms with Gasteiger partial charge >= 0.3 is 0 Å². The molecule has 0 radical (unpaired) electrons. The predicted octanol–water partition coefficient (Wildman–Crippen LogP) is 1.31. The van der Waals surface area contributed by atoms with E-state index in [0.29, 0.717) is 18.0 Å². The molecule has 0 amide bonds. The standard InChI is InChI=1S/C16H24N4O5S3/c1-19(28(3,23)24)10-13-4-5-14(25-13)11-20-8-6-12(7-9-20)15-16(26-18-17-15)27(2,21)22/h4-5,12H,6-11H2,1-3H3. The minimum atomic E-state index is -3.30. The molecule has 0 aliphatic carbocycles. The number of nitrogens with zero attached hydrogens (tertiary/aromatic N) is 4. The summed E-state index contributed by atoms with van der Waals surface area (Å²) in [5, 5.41) is 4.06. The Kier molecular flexibility index (Phi) is 6.25. The number of likely N-dealkylation sites (tertiary alicyclic amines) is 1. The Morgan fingerprint density at radius 2 is 1.82 bits per heavy atom. The van der Waals surface area contributed by atoms with Crippen LogP contribution in [0.5, 0.6) is 0 Å². The highest BCUT2D eigenvalue weighted by Gasteiger charge is 2.29. The molecule has 3 heterocycles. The van der Waals surface area contributed by atoms with Gasteiger partial charge in [-0.15, -0.1) is 5.10 Å². The van der Waals surface area contributed by atoms with Crippen LogP contribution in [0.4, 0.5) is 0 Å². The lowest BCUT2D eigenvalue weighted by Gasteiger charge is -2.30. The lowest BCUT2D eigenvalue weighted by Crippen LogP contribution is -2.32. The van der Waals surface area contributed by atoms with Crippen molar-refractivity contribution in [2.75, 3.05) is 32.6 Å². The summed E-state index contributed by atoms with van der Waals surface area (Å²) in [6.07, 6.45) is 3.96. The summed E-state index contributed by atoms with van der Waals surface area (Å²) in [5.41, 5.74) is 0.594. The van der Waals surface area contributed by atoms with Crippen LogP contribution in [-0.2, 0) is 33.0 Å². The average molecular weight is 449 g/mol. The molecule has 28 heavy (non-hydrogen) atoms. The van der Waals surface area contributed by atoms with Crippen LogP contribution in [0.15, 0.2) is 20.8 Å². The van der Waals surface area contributed by atoms with E-state index in [4.69, 9.17) is 4.42 Å². The van der Waals surface area contributed by atoms with Gasteiger partial charge in [0.1, 0.15) is 11.5 Å². The molecule has 1 aliphatic rings. The maximum atomic E-state index is 11.9. The normalized spacial score (nSPS) is 17.4. The van der Waals surface area contributed by atoms with E-state index < -0.39 is 19.9 Å². The van der Waals surface area contributed by atoms with Crippen LogP contribution in [0.3, 0.4) is 0 Å². The molecule has 0 aromatic carbocycles. The Hall–Kier alpha value is -1.34. The van der Waals surface area contributed by atoms with Crippen LogP contribution in [0, 0.1) is 0 Å². The van der Waals surface area contributed by atoms with Crippen molar-refractivity contribution >= 4 is 31.4 Å². The number of piperidine rings is 1. The molecule has 3 rings (SSSR count). The van der Waals surface area contributed by atoms with E-state index in [1.807, 2.05) is 6.07 Å². The number of hydrogen-bond acceptors (Lipinski definition) is 9. The van der Waals surface area contributed by atoms with Gasteiger partial charge in [0, 0.05) is 30.8 Å². The third-order valence-electron chi connectivity index (χ3n) is 4.83. The number of furan rings is 1. The number of sulfone groups is 1. The van der Waals surface area contributed by atoms with E-state index in [1.165, 1.54) is 17.6 Å². The van der Waals surface area contributed by atoms with Crippen molar-refractivity contribution in [3.8, 4) is 0 Å². The van der Waals surface area contributed by atoms with E-state index in [9.17, 15) is 16.8 Å². The second-order valence-electron chi connectivity index (χ2n) is 7.16. The Morgan fingerprint density at radius 1 is 1.18 bits per heavy atom. The number of sulfonamides is 1. The number of rotatable bonds is 7. The fourth-order valence-electron chi connectivity index (χ4n) is 3.21. The summed E-state index contributed by atoms with van der Waals surface area (Å²) in [6, 6.07) is 3.66. The van der Waals surface area contributed by atoms with Gasteiger partial charge in [-0.25, -0.2) is 16.8 Å². The highest BCUT2D eigenvalue weighted by Crippen LogP contribution is 2.33. The molecule has 0 atom stereocenters. The van der Waals surface area contributed by atoms with Gasteiger partial charge in [0.2, 0.25) is 10.0 Å². The summed E-state index contributed by atoms with van der Waals surface area (Å²) in [5.74, 6) is 1.47. The third kappa shape index (κ3) is 5.17. The monoisotopic (exact) mass is 448 g/mol. The molecule has 0 unspecified atom stereocenters. The van der Waals surface area contributed by atoms with Crippen LogP contribution in [0.25, 0.3) is 0 Å². The Labute approximate surface area is 169 Å². The zero-order valence-electron chi connectivity index (χ0n) is 16.0. The topological polar surface area (TPSA) is 114 Å². The second-order valence-corrected chi connectivity index (χ2v) is 12.2. The largest absolute Gasteiger partial charge is 0.463 e. The molecular formula is C16H24N4O5S3. The molecule has 12 heteroatoms. The first kappa shape index (κ1) is 21.4. The van der Waals surface area contributed by atoms with Gasteiger partial charge in [0.05, 0.1) is 25.0 Å². The van der Waals surface area contributed by atoms with Crippen molar-refractivity contribution < 1.29 is 21.3 Å². The Bertz CT molecular complexity index is 1020. The average Bonchev–Trinajstić information content (AvgIpc) is 3.24.